The Balaban J connectivity index is 2.16. The molecule has 0 aromatic rings. The number of unbranched alkanes of at least 4 members (excludes halogenated alkanes) is 2. The molecular weight excluding hydrogens is 227 g/mol. The summed E-state index contributed by atoms with van der Waals surface area (Å²) in [5.41, 5.74) is 0. The monoisotopic (exact) mass is 256 g/mol. The molecule has 0 radical (unpaired) electrons. The van der Waals surface area contributed by atoms with Gasteiger partial charge in [-0.15, -0.1) is 0 Å². The average Bonchev–Trinajstić information content (AvgIpc) is 2.39. The molecule has 0 N–H and O–H groups in total. The molecule has 3 heteroatoms. The summed E-state index contributed by atoms with van der Waals surface area (Å²) in [6, 6.07) is 0. The summed E-state index contributed by atoms with van der Waals surface area (Å²) in [6.07, 6.45) is 7.79. The summed E-state index contributed by atoms with van der Waals surface area (Å²) < 4.78 is 11.7. The van der Waals surface area contributed by atoms with Crippen molar-refractivity contribution < 1.29 is 8.53 Å². The summed E-state index contributed by atoms with van der Waals surface area (Å²) >= 11 is -0.881. The lowest BCUT2D eigenvalue weighted by molar-refractivity contribution is 0.0491. The molecule has 1 fully saturated rings. The maximum atomic E-state index is 6.27. The highest BCUT2D eigenvalue weighted by molar-refractivity contribution is 6.51. The molecule has 0 aromatic carbocycles. The minimum absolute atomic E-state index is 0.780. The van der Waals surface area contributed by atoms with Gasteiger partial charge in [-0.2, -0.15) is 0 Å². The third-order valence-electron chi connectivity index (χ3n) is 3.67. The molecule has 1 heterocycles. The molecule has 1 saturated heterocycles. The maximum absolute atomic E-state index is 6.27. The highest BCUT2D eigenvalue weighted by Gasteiger charge is 2.22. The van der Waals surface area contributed by atoms with E-state index in [0.717, 1.165) is 25.7 Å². The standard InChI is InChI=1S/C6H11O2.2C4H9.Al/c7-5-6-1-3-8-4-2-6;2*1-3-4-2;/h6H,1-5H2;2*1,3-4H2,2H3;/q-1;;;+1. The third-order valence-corrected chi connectivity index (χ3v) is 6.44. The molecule has 0 atom stereocenters. The first-order valence-electron chi connectivity index (χ1n) is 7.56. The lowest BCUT2D eigenvalue weighted by Gasteiger charge is -2.24. The van der Waals surface area contributed by atoms with Gasteiger partial charge in [0.05, 0.1) is 0 Å². The van der Waals surface area contributed by atoms with Crippen molar-refractivity contribution in [3.05, 3.63) is 0 Å². The lowest BCUT2D eigenvalue weighted by atomic mass is 10.0. The van der Waals surface area contributed by atoms with Crippen molar-refractivity contribution in [1.29, 1.82) is 0 Å². The van der Waals surface area contributed by atoms with Crippen LogP contribution in [0.1, 0.15) is 52.4 Å². The zero-order valence-electron chi connectivity index (χ0n) is 11.7. The van der Waals surface area contributed by atoms with Gasteiger partial charge in [0, 0.05) is 19.8 Å². The number of hydrogen-bond donors (Lipinski definition) is 0. The Labute approximate surface area is 112 Å². The first kappa shape index (κ1) is 15.5. The SMILES string of the molecule is CCC[CH2][Al]([CH2]CCC)[O]CC1CCOCC1. The van der Waals surface area contributed by atoms with Crippen LogP contribution in [-0.4, -0.2) is 34.3 Å². The largest absolute Gasteiger partial charge is 0.500 e. The summed E-state index contributed by atoms with van der Waals surface area (Å²) in [7, 11) is 0. The van der Waals surface area contributed by atoms with E-state index in [0.29, 0.717) is 0 Å². The van der Waals surface area contributed by atoms with Crippen LogP contribution in [0.2, 0.25) is 10.6 Å². The Bertz CT molecular complexity index is 162. The van der Waals surface area contributed by atoms with Gasteiger partial charge >= 0.3 is 14.5 Å². The average molecular weight is 256 g/mol. The molecule has 1 rings (SSSR count). The van der Waals surface area contributed by atoms with E-state index in [9.17, 15) is 0 Å². The Morgan fingerprint density at radius 2 is 1.65 bits per heavy atom. The van der Waals surface area contributed by atoms with Gasteiger partial charge in [0.2, 0.25) is 0 Å². The molecule has 0 aromatic heterocycles. The lowest BCUT2D eigenvalue weighted by Crippen LogP contribution is -2.26. The fourth-order valence-electron chi connectivity index (χ4n) is 2.36. The number of ether oxygens (including phenoxy) is 1. The number of hydrogen-bond acceptors (Lipinski definition) is 2. The first-order chi connectivity index (χ1) is 8.36. The molecule has 0 amide bonds. The fraction of sp³-hybridized carbons (Fsp3) is 1.00. The van der Waals surface area contributed by atoms with Gasteiger partial charge in [-0.25, -0.2) is 0 Å². The zero-order chi connectivity index (χ0) is 12.3. The second-order valence-corrected chi connectivity index (χ2v) is 8.03. The predicted molar refractivity (Wildman–Crippen MR) is 74.7 cm³/mol. The molecule has 100 valence electrons. The van der Waals surface area contributed by atoms with Gasteiger partial charge in [-0.05, 0) is 18.8 Å². The van der Waals surface area contributed by atoms with Gasteiger partial charge in [0.25, 0.3) is 0 Å². The van der Waals surface area contributed by atoms with Crippen LogP contribution in [0.4, 0.5) is 0 Å². The van der Waals surface area contributed by atoms with E-state index in [1.54, 1.807) is 0 Å². The Kier molecular flexibility index (Phi) is 9.47. The van der Waals surface area contributed by atoms with E-state index in [-0.39, 0.29) is 0 Å². The Morgan fingerprint density at radius 3 is 2.18 bits per heavy atom. The second kappa shape index (κ2) is 10.4. The van der Waals surface area contributed by atoms with Crippen molar-refractivity contribution in [2.24, 2.45) is 5.92 Å². The predicted octanol–water partition coefficient (Wildman–Crippen LogP) is 4.02. The van der Waals surface area contributed by atoms with E-state index in [4.69, 9.17) is 8.53 Å². The van der Waals surface area contributed by atoms with Gasteiger partial charge in [0.15, 0.2) is 0 Å². The van der Waals surface area contributed by atoms with Crippen LogP contribution in [0.15, 0.2) is 0 Å². The van der Waals surface area contributed by atoms with Gasteiger partial charge < -0.3 is 8.53 Å². The van der Waals surface area contributed by atoms with Crippen LogP contribution in [0.25, 0.3) is 0 Å². The molecule has 17 heavy (non-hydrogen) atoms. The smallest absolute Gasteiger partial charge is 0.460 e. The highest BCUT2D eigenvalue weighted by atomic mass is 27.2. The molecule has 0 aliphatic carbocycles. The highest BCUT2D eigenvalue weighted by Crippen LogP contribution is 2.18. The fourth-order valence-corrected chi connectivity index (χ4v) is 5.25. The van der Waals surface area contributed by atoms with Crippen molar-refractivity contribution in [1.82, 2.24) is 0 Å². The molecule has 0 saturated carbocycles. The Morgan fingerprint density at radius 1 is 1.06 bits per heavy atom. The van der Waals surface area contributed by atoms with E-state index < -0.39 is 14.5 Å². The zero-order valence-corrected chi connectivity index (χ0v) is 12.9. The molecule has 0 unspecified atom stereocenters. The van der Waals surface area contributed by atoms with Crippen LogP contribution >= 0.6 is 0 Å². The first-order valence-corrected chi connectivity index (χ1v) is 9.66. The quantitative estimate of drug-likeness (QED) is 0.580. The van der Waals surface area contributed by atoms with Crippen molar-refractivity contribution in [2.45, 2.75) is 62.9 Å². The van der Waals surface area contributed by atoms with E-state index in [1.165, 1.54) is 49.1 Å². The molecular formula is C14H29AlO2. The normalized spacial score (nSPS) is 17.3. The van der Waals surface area contributed by atoms with Gasteiger partial charge in [-0.3, -0.25) is 0 Å². The van der Waals surface area contributed by atoms with Gasteiger partial charge in [0.1, 0.15) is 0 Å². The van der Waals surface area contributed by atoms with Gasteiger partial charge in [-0.1, -0.05) is 50.1 Å². The topological polar surface area (TPSA) is 18.5 Å². The van der Waals surface area contributed by atoms with Crippen molar-refractivity contribution in [3.8, 4) is 0 Å². The molecule has 0 spiro atoms. The van der Waals surface area contributed by atoms with E-state index >= 15 is 0 Å². The van der Waals surface area contributed by atoms with Crippen LogP contribution in [0.5, 0.6) is 0 Å². The summed E-state index contributed by atoms with van der Waals surface area (Å²) in [5, 5.41) is 2.78. The maximum Gasteiger partial charge on any atom is 0.460 e. The van der Waals surface area contributed by atoms with Crippen LogP contribution < -0.4 is 0 Å². The summed E-state index contributed by atoms with van der Waals surface area (Å²) in [5.74, 6) is 0.780. The van der Waals surface area contributed by atoms with E-state index in [1.807, 2.05) is 0 Å². The molecule has 0 bridgehead atoms. The minimum atomic E-state index is -0.881. The molecule has 1 aliphatic heterocycles. The third kappa shape index (κ3) is 7.47. The second-order valence-electron chi connectivity index (χ2n) is 5.30. The van der Waals surface area contributed by atoms with E-state index in [2.05, 4.69) is 13.8 Å². The van der Waals surface area contributed by atoms with Crippen LogP contribution in [0.3, 0.4) is 0 Å². The summed E-state index contributed by atoms with van der Waals surface area (Å²) in [6.45, 7) is 7.48. The van der Waals surface area contributed by atoms with Crippen molar-refractivity contribution in [2.75, 3.05) is 19.8 Å². The molecule has 1 aliphatic rings. The van der Waals surface area contributed by atoms with Crippen molar-refractivity contribution in [3.63, 3.8) is 0 Å². The van der Waals surface area contributed by atoms with Crippen LogP contribution in [-0.2, 0) is 8.53 Å². The Hall–Kier alpha value is 0.452. The number of rotatable bonds is 9. The summed E-state index contributed by atoms with van der Waals surface area (Å²) in [4.78, 5) is 0. The molecule has 2 nitrogen and oxygen atoms in total. The van der Waals surface area contributed by atoms with Crippen molar-refractivity contribution >= 4 is 14.5 Å². The van der Waals surface area contributed by atoms with Crippen LogP contribution in [0, 0.1) is 5.92 Å². The minimum Gasteiger partial charge on any atom is -0.500 e.